The van der Waals surface area contributed by atoms with Gasteiger partial charge in [-0.25, -0.2) is 4.98 Å². The number of carbonyl (C=O) groups is 1. The minimum absolute atomic E-state index is 0.0503. The number of thiazole rings is 1. The molecular formula is C18H24N4O2S. The second-order valence-corrected chi connectivity index (χ2v) is 7.85. The van der Waals surface area contributed by atoms with Crippen LogP contribution in [0.2, 0.25) is 0 Å². The Morgan fingerprint density at radius 3 is 2.76 bits per heavy atom. The Balaban J connectivity index is 1.30. The summed E-state index contributed by atoms with van der Waals surface area (Å²) in [4.78, 5) is 21.6. The molecule has 4 rings (SSSR count). The maximum Gasteiger partial charge on any atom is 0.251 e. The molecular weight excluding hydrogens is 336 g/mol. The molecule has 2 aliphatic heterocycles. The van der Waals surface area contributed by atoms with E-state index in [1.54, 1.807) is 11.3 Å². The van der Waals surface area contributed by atoms with Crippen molar-refractivity contribution in [1.82, 2.24) is 14.8 Å². The summed E-state index contributed by atoms with van der Waals surface area (Å²) in [5.74, 6) is 0.135. The third-order valence-corrected chi connectivity index (χ3v) is 6.05. The van der Waals surface area contributed by atoms with Crippen molar-refractivity contribution in [1.29, 1.82) is 0 Å². The number of benzene rings is 1. The minimum Gasteiger partial charge on any atom is -0.364 e. The van der Waals surface area contributed by atoms with Crippen molar-refractivity contribution in [3.63, 3.8) is 0 Å². The zero-order chi connectivity index (χ0) is 17.2. The fourth-order valence-corrected chi connectivity index (χ4v) is 4.58. The average Bonchev–Trinajstić information content (AvgIpc) is 3.28. The molecule has 2 atom stereocenters. The smallest absolute Gasteiger partial charge is 0.251 e. The molecule has 1 amide bonds. The maximum absolute atomic E-state index is 12.6. The summed E-state index contributed by atoms with van der Waals surface area (Å²) in [5.41, 5.74) is 6.71. The number of ether oxygens (including phenoxy) is 1. The Morgan fingerprint density at radius 2 is 2.04 bits per heavy atom. The quantitative estimate of drug-likeness (QED) is 0.893. The first-order valence-electron chi connectivity index (χ1n) is 8.94. The lowest BCUT2D eigenvalue weighted by Gasteiger charge is -2.35. The molecule has 0 aliphatic carbocycles. The van der Waals surface area contributed by atoms with Gasteiger partial charge in [0.2, 0.25) is 0 Å². The standard InChI is InChI=1S/C18H24N4O2S/c19-11-13-5-6-15(24-13)18(23)22-9-7-21(8-10-22)12-17-20-14-3-1-2-4-16(14)25-17/h1-4,13,15H,5-12,19H2/t13-,15+/m1/s1. The van der Waals surface area contributed by atoms with Crippen LogP contribution >= 0.6 is 11.3 Å². The molecule has 0 spiro atoms. The van der Waals surface area contributed by atoms with Crippen LogP contribution < -0.4 is 5.73 Å². The molecule has 0 radical (unpaired) electrons. The minimum atomic E-state index is -0.288. The lowest BCUT2D eigenvalue weighted by Crippen LogP contribution is -2.51. The Morgan fingerprint density at radius 1 is 1.24 bits per heavy atom. The molecule has 1 aromatic carbocycles. The molecule has 7 heteroatoms. The Bertz CT molecular complexity index is 709. The lowest BCUT2D eigenvalue weighted by atomic mass is 10.1. The maximum atomic E-state index is 12.6. The molecule has 2 N–H and O–H groups in total. The molecule has 2 aromatic rings. The Hall–Kier alpha value is -1.54. The van der Waals surface area contributed by atoms with Gasteiger partial charge in [0.1, 0.15) is 11.1 Å². The number of rotatable bonds is 4. The SMILES string of the molecule is NC[C@H]1CC[C@@H](C(=O)N2CCN(Cc3nc4ccccc4s3)CC2)O1. The van der Waals surface area contributed by atoms with Gasteiger partial charge in [-0.05, 0) is 25.0 Å². The van der Waals surface area contributed by atoms with E-state index in [2.05, 4.69) is 23.1 Å². The fraction of sp³-hybridized carbons (Fsp3) is 0.556. The predicted octanol–water partition coefficient (Wildman–Crippen LogP) is 1.45. The molecule has 3 heterocycles. The van der Waals surface area contributed by atoms with Crippen molar-refractivity contribution < 1.29 is 9.53 Å². The van der Waals surface area contributed by atoms with Gasteiger partial charge in [-0.2, -0.15) is 0 Å². The van der Waals surface area contributed by atoms with Gasteiger partial charge in [0.05, 0.1) is 22.9 Å². The van der Waals surface area contributed by atoms with E-state index >= 15 is 0 Å². The van der Waals surface area contributed by atoms with Crippen LogP contribution in [0.25, 0.3) is 10.2 Å². The highest BCUT2D eigenvalue weighted by Gasteiger charge is 2.34. The number of nitrogens with two attached hydrogens (primary N) is 1. The highest BCUT2D eigenvalue weighted by atomic mass is 32.1. The molecule has 0 bridgehead atoms. The van der Waals surface area contributed by atoms with Crippen molar-refractivity contribution in [3.05, 3.63) is 29.3 Å². The second-order valence-electron chi connectivity index (χ2n) is 6.74. The van der Waals surface area contributed by atoms with Crippen LogP contribution in [0.3, 0.4) is 0 Å². The number of hydrogen-bond acceptors (Lipinski definition) is 6. The summed E-state index contributed by atoms with van der Waals surface area (Å²) >= 11 is 1.76. The first-order chi connectivity index (χ1) is 12.2. The van der Waals surface area contributed by atoms with E-state index in [9.17, 15) is 4.79 Å². The number of nitrogens with zero attached hydrogens (tertiary/aromatic N) is 3. The van der Waals surface area contributed by atoms with Crippen molar-refractivity contribution >= 4 is 27.5 Å². The second kappa shape index (κ2) is 7.37. The molecule has 25 heavy (non-hydrogen) atoms. The van der Waals surface area contributed by atoms with Gasteiger partial charge >= 0.3 is 0 Å². The summed E-state index contributed by atoms with van der Waals surface area (Å²) < 4.78 is 6.98. The third kappa shape index (κ3) is 3.69. The van der Waals surface area contributed by atoms with E-state index in [1.807, 2.05) is 11.0 Å². The van der Waals surface area contributed by atoms with Gasteiger partial charge < -0.3 is 15.4 Å². The van der Waals surface area contributed by atoms with Crippen LogP contribution in [0.4, 0.5) is 0 Å². The number of para-hydroxylation sites is 1. The summed E-state index contributed by atoms with van der Waals surface area (Å²) in [5, 5.41) is 1.14. The molecule has 0 unspecified atom stereocenters. The van der Waals surface area contributed by atoms with Gasteiger partial charge in [-0.1, -0.05) is 12.1 Å². The number of piperazine rings is 1. The Labute approximate surface area is 151 Å². The molecule has 2 fully saturated rings. The van der Waals surface area contributed by atoms with Crippen LogP contribution in [0, 0.1) is 0 Å². The zero-order valence-electron chi connectivity index (χ0n) is 14.3. The number of hydrogen-bond donors (Lipinski definition) is 1. The zero-order valence-corrected chi connectivity index (χ0v) is 15.1. The van der Waals surface area contributed by atoms with Crippen LogP contribution in [0.1, 0.15) is 17.8 Å². The van der Waals surface area contributed by atoms with E-state index < -0.39 is 0 Å². The van der Waals surface area contributed by atoms with Crippen LogP contribution in [0.15, 0.2) is 24.3 Å². The number of fused-ring (bicyclic) bond motifs is 1. The van der Waals surface area contributed by atoms with Crippen molar-refractivity contribution in [2.75, 3.05) is 32.7 Å². The molecule has 134 valence electrons. The van der Waals surface area contributed by atoms with Gasteiger partial charge in [-0.15, -0.1) is 11.3 Å². The van der Waals surface area contributed by atoms with E-state index in [4.69, 9.17) is 15.5 Å². The highest BCUT2D eigenvalue weighted by molar-refractivity contribution is 7.18. The third-order valence-electron chi connectivity index (χ3n) is 5.03. The van der Waals surface area contributed by atoms with Gasteiger partial charge in [-0.3, -0.25) is 9.69 Å². The fourth-order valence-electron chi connectivity index (χ4n) is 3.57. The van der Waals surface area contributed by atoms with Crippen LogP contribution in [-0.2, 0) is 16.1 Å². The number of carbonyl (C=O) groups excluding carboxylic acids is 1. The van der Waals surface area contributed by atoms with E-state index in [-0.39, 0.29) is 18.1 Å². The van der Waals surface area contributed by atoms with Crippen LogP contribution in [-0.4, -0.2) is 65.6 Å². The summed E-state index contributed by atoms with van der Waals surface area (Å²) in [6.45, 7) is 4.65. The summed E-state index contributed by atoms with van der Waals surface area (Å²) in [6, 6.07) is 8.25. The van der Waals surface area contributed by atoms with Gasteiger partial charge in [0.25, 0.3) is 5.91 Å². The van der Waals surface area contributed by atoms with E-state index in [0.29, 0.717) is 6.54 Å². The highest BCUT2D eigenvalue weighted by Crippen LogP contribution is 2.24. The normalized spacial score (nSPS) is 24.9. The predicted molar refractivity (Wildman–Crippen MR) is 98.4 cm³/mol. The molecule has 2 saturated heterocycles. The van der Waals surface area contributed by atoms with Crippen LogP contribution in [0.5, 0.6) is 0 Å². The average molecular weight is 360 g/mol. The molecule has 2 aliphatic rings. The monoisotopic (exact) mass is 360 g/mol. The molecule has 6 nitrogen and oxygen atoms in total. The number of aromatic nitrogens is 1. The summed E-state index contributed by atoms with van der Waals surface area (Å²) in [7, 11) is 0. The summed E-state index contributed by atoms with van der Waals surface area (Å²) in [6.07, 6.45) is 1.45. The molecule has 0 saturated carbocycles. The number of amides is 1. The van der Waals surface area contributed by atoms with Gasteiger partial charge in [0, 0.05) is 32.7 Å². The van der Waals surface area contributed by atoms with Crippen molar-refractivity contribution in [2.24, 2.45) is 5.73 Å². The van der Waals surface area contributed by atoms with Gasteiger partial charge in [0.15, 0.2) is 0 Å². The van der Waals surface area contributed by atoms with E-state index in [1.165, 1.54) is 4.70 Å². The van der Waals surface area contributed by atoms with E-state index in [0.717, 1.165) is 56.1 Å². The first-order valence-corrected chi connectivity index (χ1v) is 9.75. The van der Waals surface area contributed by atoms with Crippen molar-refractivity contribution in [2.45, 2.75) is 31.6 Å². The van der Waals surface area contributed by atoms with Crippen molar-refractivity contribution in [3.8, 4) is 0 Å². The Kier molecular flexibility index (Phi) is 4.98. The first kappa shape index (κ1) is 16.9. The molecule has 1 aromatic heterocycles. The largest absolute Gasteiger partial charge is 0.364 e. The topological polar surface area (TPSA) is 71.7 Å². The lowest BCUT2D eigenvalue weighted by molar-refractivity contribution is -0.144.